The van der Waals surface area contributed by atoms with Crippen molar-refractivity contribution in [1.29, 1.82) is 5.41 Å². The van der Waals surface area contributed by atoms with Gasteiger partial charge in [0.05, 0.1) is 25.0 Å². The van der Waals surface area contributed by atoms with Crippen LogP contribution in [0.3, 0.4) is 0 Å². The Morgan fingerprint density at radius 1 is 0.966 bits per heavy atom. The molecule has 0 spiro atoms. The van der Waals surface area contributed by atoms with Crippen molar-refractivity contribution in [3.63, 3.8) is 0 Å². The molecule has 0 bridgehead atoms. The van der Waals surface area contributed by atoms with Gasteiger partial charge < -0.3 is 13.9 Å². The minimum atomic E-state index is 0.147. The zero-order chi connectivity index (χ0) is 20.6. The second-order valence-electron chi connectivity index (χ2n) is 6.28. The second kappa shape index (κ2) is 9.50. The van der Waals surface area contributed by atoms with E-state index in [1.807, 2.05) is 79.2 Å². The molecule has 0 aliphatic heterocycles. The maximum absolute atomic E-state index is 7.66. The predicted octanol–water partition coefficient (Wildman–Crippen LogP) is 3.24. The third-order valence-corrected chi connectivity index (χ3v) is 4.16. The fourth-order valence-electron chi connectivity index (χ4n) is 2.78. The van der Waals surface area contributed by atoms with E-state index in [0.29, 0.717) is 19.1 Å². The number of nitrogens with zero attached hydrogens (tertiary/aromatic N) is 2. The van der Waals surface area contributed by atoms with Crippen molar-refractivity contribution in [1.82, 2.24) is 9.38 Å². The van der Waals surface area contributed by atoms with Gasteiger partial charge in [0.25, 0.3) is 0 Å². The molecule has 3 rings (SSSR count). The number of benzene rings is 1. The summed E-state index contributed by atoms with van der Waals surface area (Å²) >= 11 is 0. The average Bonchev–Trinajstić information content (AvgIpc) is 3.15. The van der Waals surface area contributed by atoms with Crippen LogP contribution in [0, 0.1) is 5.41 Å². The molecule has 0 aliphatic rings. The highest BCUT2D eigenvalue weighted by Gasteiger charge is 2.05. The molecule has 0 saturated heterocycles. The van der Waals surface area contributed by atoms with Crippen LogP contribution in [0.4, 0.5) is 0 Å². The summed E-state index contributed by atoms with van der Waals surface area (Å²) in [6, 6.07) is 12.0. The summed E-state index contributed by atoms with van der Waals surface area (Å²) < 4.78 is 12.3. The lowest BCUT2D eigenvalue weighted by Gasteiger charge is -1.99. The van der Waals surface area contributed by atoms with Gasteiger partial charge >= 0.3 is 5.90 Å². The lowest BCUT2D eigenvalue weighted by Crippen LogP contribution is -2.40. The maximum Gasteiger partial charge on any atom is 0.359 e. The third kappa shape index (κ3) is 5.42. The van der Waals surface area contributed by atoms with E-state index in [1.54, 1.807) is 12.2 Å². The third-order valence-electron chi connectivity index (χ3n) is 4.16. The van der Waals surface area contributed by atoms with Crippen LogP contribution in [0.1, 0.15) is 25.0 Å². The molecule has 0 amide bonds. The molecular weight excluding hydrogens is 364 g/mol. The van der Waals surface area contributed by atoms with E-state index < -0.39 is 0 Å². The van der Waals surface area contributed by atoms with Gasteiger partial charge in [-0.25, -0.2) is 10.4 Å². The Morgan fingerprint density at radius 2 is 1.66 bits per heavy atom. The molecule has 1 aromatic carbocycles. The van der Waals surface area contributed by atoms with Crippen molar-refractivity contribution in [2.75, 3.05) is 13.2 Å². The van der Waals surface area contributed by atoms with Crippen LogP contribution < -0.4 is 5.41 Å². The van der Waals surface area contributed by atoms with Gasteiger partial charge in [0.15, 0.2) is 0 Å². The SMILES string of the molecule is CCOC(=N)/C=C/c1ccc2nc(-c3ccc(/C=C/C(=[NH2+])OCC)cc3)cn2c1. The first-order valence-electron chi connectivity index (χ1n) is 9.51. The topological polar surface area (TPSA) is 85.2 Å². The Labute approximate surface area is 170 Å². The molecule has 29 heavy (non-hydrogen) atoms. The zero-order valence-corrected chi connectivity index (χ0v) is 16.6. The van der Waals surface area contributed by atoms with Crippen LogP contribution in [0.5, 0.6) is 0 Å². The lowest BCUT2D eigenvalue weighted by atomic mass is 10.1. The van der Waals surface area contributed by atoms with Gasteiger partial charge in [0.1, 0.15) is 5.65 Å². The van der Waals surface area contributed by atoms with E-state index in [2.05, 4.69) is 4.98 Å². The number of nitrogens with one attached hydrogen (secondary N) is 1. The fraction of sp³-hybridized carbons (Fsp3) is 0.174. The molecular formula is C23H25N4O2+. The van der Waals surface area contributed by atoms with E-state index in [1.165, 1.54) is 0 Å². The molecule has 0 radical (unpaired) electrons. The van der Waals surface area contributed by atoms with Gasteiger partial charge in [0, 0.05) is 24.0 Å². The molecule has 0 fully saturated rings. The summed E-state index contributed by atoms with van der Waals surface area (Å²) in [5.74, 6) is 0.548. The Morgan fingerprint density at radius 3 is 2.38 bits per heavy atom. The molecule has 6 heteroatoms. The summed E-state index contributed by atoms with van der Waals surface area (Å²) in [4.78, 5) is 4.69. The second-order valence-corrected chi connectivity index (χ2v) is 6.28. The number of nitrogens with two attached hydrogens (primary N) is 1. The number of hydrogen-bond donors (Lipinski definition) is 2. The van der Waals surface area contributed by atoms with Gasteiger partial charge in [-0.3, -0.25) is 5.41 Å². The molecule has 3 aromatic rings. The summed E-state index contributed by atoms with van der Waals surface area (Å²) in [5, 5.41) is 13.4. The van der Waals surface area contributed by atoms with Gasteiger partial charge in [-0.05, 0) is 49.3 Å². The molecule has 0 atom stereocenters. The minimum absolute atomic E-state index is 0.147. The van der Waals surface area contributed by atoms with E-state index in [-0.39, 0.29) is 5.90 Å². The van der Waals surface area contributed by atoms with Crippen molar-refractivity contribution in [2.45, 2.75) is 13.8 Å². The molecule has 2 aromatic heterocycles. The molecule has 0 aliphatic carbocycles. The normalized spacial score (nSPS) is 11.4. The van der Waals surface area contributed by atoms with Crippen molar-refractivity contribution in [2.24, 2.45) is 0 Å². The number of hydrogen-bond acceptors (Lipinski definition) is 4. The van der Waals surface area contributed by atoms with Crippen LogP contribution in [0.15, 0.2) is 60.9 Å². The molecule has 2 heterocycles. The van der Waals surface area contributed by atoms with E-state index >= 15 is 0 Å². The first-order valence-corrected chi connectivity index (χ1v) is 9.51. The van der Waals surface area contributed by atoms with Gasteiger partial charge in [-0.1, -0.05) is 24.3 Å². The lowest BCUT2D eigenvalue weighted by molar-refractivity contribution is -0.137. The van der Waals surface area contributed by atoms with Gasteiger partial charge in [-0.2, -0.15) is 0 Å². The van der Waals surface area contributed by atoms with Gasteiger partial charge in [-0.15, -0.1) is 0 Å². The molecule has 0 saturated carbocycles. The standard InChI is InChI=1S/C23H24N4O2/c1-3-28-21(24)12-7-17-5-10-19(11-6-17)20-16-27-15-18(9-14-23(27)26-20)8-13-22(25)29-4-2/h5-16,24-25H,3-4H2,1-2H3/p+1/b12-7+,13-8+,24-21?,25-22?. The molecule has 148 valence electrons. The van der Waals surface area contributed by atoms with Crippen LogP contribution >= 0.6 is 0 Å². The van der Waals surface area contributed by atoms with Crippen molar-refractivity contribution >= 4 is 29.6 Å². The van der Waals surface area contributed by atoms with E-state index in [4.69, 9.17) is 20.3 Å². The largest absolute Gasteiger partial charge is 0.478 e. The highest BCUT2D eigenvalue weighted by Crippen LogP contribution is 2.21. The van der Waals surface area contributed by atoms with Crippen molar-refractivity contribution in [3.8, 4) is 11.3 Å². The monoisotopic (exact) mass is 389 g/mol. The number of ether oxygens (including phenoxy) is 2. The summed E-state index contributed by atoms with van der Waals surface area (Å²) in [5.41, 5.74) is 4.78. The Hall–Kier alpha value is -3.67. The Balaban J connectivity index is 1.76. The van der Waals surface area contributed by atoms with Crippen LogP contribution in [0.2, 0.25) is 0 Å². The number of rotatable bonds is 7. The summed E-state index contributed by atoms with van der Waals surface area (Å²) in [6.07, 6.45) is 11.1. The van der Waals surface area contributed by atoms with E-state index in [0.717, 1.165) is 28.0 Å². The summed E-state index contributed by atoms with van der Waals surface area (Å²) in [6.45, 7) is 4.80. The smallest absolute Gasteiger partial charge is 0.359 e. The van der Waals surface area contributed by atoms with Crippen LogP contribution in [-0.2, 0) is 9.47 Å². The number of imidazole rings is 1. The van der Waals surface area contributed by atoms with E-state index in [9.17, 15) is 0 Å². The number of aromatic nitrogens is 2. The van der Waals surface area contributed by atoms with Crippen molar-refractivity contribution in [3.05, 3.63) is 72.1 Å². The molecule has 0 unspecified atom stereocenters. The average molecular weight is 389 g/mol. The molecule has 3 N–H and O–H groups in total. The van der Waals surface area contributed by atoms with Crippen molar-refractivity contribution < 1.29 is 14.9 Å². The highest BCUT2D eigenvalue weighted by molar-refractivity contribution is 5.89. The minimum Gasteiger partial charge on any atom is -0.478 e. The number of pyridine rings is 1. The number of fused-ring (bicyclic) bond motifs is 1. The Bertz CT molecular complexity index is 1060. The molecule has 6 nitrogen and oxygen atoms in total. The van der Waals surface area contributed by atoms with Crippen LogP contribution in [0.25, 0.3) is 29.1 Å². The Kier molecular flexibility index (Phi) is 6.58. The van der Waals surface area contributed by atoms with Crippen LogP contribution in [-0.4, -0.2) is 34.4 Å². The summed E-state index contributed by atoms with van der Waals surface area (Å²) in [7, 11) is 0. The van der Waals surface area contributed by atoms with Gasteiger partial charge in [0.2, 0.25) is 5.90 Å². The maximum atomic E-state index is 7.66. The first-order chi connectivity index (χ1) is 14.1. The first kappa shape index (κ1) is 20.1. The highest BCUT2D eigenvalue weighted by atomic mass is 16.5. The fourth-order valence-corrected chi connectivity index (χ4v) is 2.78. The quantitative estimate of drug-likeness (QED) is 0.481. The zero-order valence-electron chi connectivity index (χ0n) is 16.6. The predicted molar refractivity (Wildman–Crippen MR) is 117 cm³/mol.